The van der Waals surface area contributed by atoms with Crippen LogP contribution in [0.1, 0.15) is 30.6 Å². The first-order valence-electron chi connectivity index (χ1n) is 6.51. The van der Waals surface area contributed by atoms with Crippen LogP contribution in [0, 0.1) is 0 Å². The molecule has 106 valence electrons. The molecule has 0 aliphatic carbocycles. The maximum atomic E-state index is 12.3. The van der Waals surface area contributed by atoms with Gasteiger partial charge in [0.25, 0.3) is 0 Å². The van der Waals surface area contributed by atoms with Gasteiger partial charge < -0.3 is 4.90 Å². The number of carbonyl (C=O) groups is 2. The molecule has 0 radical (unpaired) electrons. The van der Waals surface area contributed by atoms with Crippen LogP contribution < -0.4 is 4.90 Å². The molecule has 0 saturated heterocycles. The second kappa shape index (κ2) is 5.71. The zero-order valence-corrected chi connectivity index (χ0v) is 12.4. The highest BCUT2D eigenvalue weighted by Crippen LogP contribution is 2.33. The molecule has 0 spiro atoms. The zero-order chi connectivity index (χ0) is 14.9. The second-order valence-electron chi connectivity index (χ2n) is 4.64. The number of anilines is 1. The monoisotopic (exact) mass is 291 g/mol. The smallest absolute Gasteiger partial charge is 0.243 e. The third-order valence-electron chi connectivity index (χ3n) is 3.36. The van der Waals surface area contributed by atoms with Crippen LogP contribution in [0.5, 0.6) is 0 Å². The summed E-state index contributed by atoms with van der Waals surface area (Å²) in [4.78, 5) is 26.2. The molecule has 0 bridgehead atoms. The molecule has 5 heteroatoms. The van der Waals surface area contributed by atoms with E-state index in [1.807, 2.05) is 0 Å². The Morgan fingerprint density at radius 2 is 2.20 bits per heavy atom. The molecule has 1 aromatic carbocycles. The van der Waals surface area contributed by atoms with Gasteiger partial charge in [-0.2, -0.15) is 0 Å². The number of rotatable bonds is 4. The third-order valence-corrected chi connectivity index (χ3v) is 4.98. The third kappa shape index (κ3) is 2.33. The minimum absolute atomic E-state index is 0.00297. The molecule has 0 saturated carbocycles. The van der Waals surface area contributed by atoms with E-state index in [0.717, 1.165) is 0 Å². The van der Waals surface area contributed by atoms with Crippen LogP contribution in [0.15, 0.2) is 35.7 Å². The highest BCUT2D eigenvalue weighted by atomic mass is 32.2. The predicted molar refractivity (Wildman–Crippen MR) is 79.5 cm³/mol. The van der Waals surface area contributed by atoms with Crippen molar-refractivity contribution in [2.24, 2.45) is 0 Å². The average Bonchev–Trinajstić information content (AvgIpc) is 2.48. The van der Waals surface area contributed by atoms with Gasteiger partial charge in [0.1, 0.15) is 5.25 Å². The SMILES string of the molecule is C=CCN1C(=O)C(C)S(=O)c2ccc(C(=O)CC)cc21. The molecule has 1 aromatic rings. The van der Waals surface area contributed by atoms with Crippen LogP contribution >= 0.6 is 0 Å². The first kappa shape index (κ1) is 14.7. The molecule has 20 heavy (non-hydrogen) atoms. The fourth-order valence-electron chi connectivity index (χ4n) is 2.21. The number of Topliss-reactive ketones (excluding diaryl/α,β-unsaturated/α-hetero) is 1. The van der Waals surface area contributed by atoms with E-state index >= 15 is 0 Å². The molecule has 2 rings (SSSR count). The normalized spacial score (nSPS) is 21.5. The van der Waals surface area contributed by atoms with Crippen LogP contribution in [0.25, 0.3) is 0 Å². The molecule has 2 atom stereocenters. The molecule has 2 unspecified atom stereocenters. The fraction of sp³-hybridized carbons (Fsp3) is 0.333. The van der Waals surface area contributed by atoms with E-state index in [1.165, 1.54) is 0 Å². The molecule has 4 nitrogen and oxygen atoms in total. The summed E-state index contributed by atoms with van der Waals surface area (Å²) in [5.74, 6) is -0.194. The zero-order valence-electron chi connectivity index (χ0n) is 11.6. The van der Waals surface area contributed by atoms with Crippen LogP contribution in [-0.2, 0) is 15.6 Å². The number of nitrogens with zero attached hydrogens (tertiary/aromatic N) is 1. The fourth-order valence-corrected chi connectivity index (χ4v) is 3.48. The number of ketones is 1. The van der Waals surface area contributed by atoms with E-state index in [-0.39, 0.29) is 11.7 Å². The highest BCUT2D eigenvalue weighted by Gasteiger charge is 2.35. The van der Waals surface area contributed by atoms with Crippen molar-refractivity contribution in [3.05, 3.63) is 36.4 Å². The minimum Gasteiger partial charge on any atom is -0.306 e. The standard InChI is InChI=1S/C15H17NO3S/c1-4-8-16-12-9-11(13(17)5-2)6-7-14(12)20(19)10(3)15(16)18/h4,6-7,9-10H,1,5,8H2,2-3H3. The Morgan fingerprint density at radius 3 is 2.80 bits per heavy atom. The van der Waals surface area contributed by atoms with Crippen molar-refractivity contribution < 1.29 is 13.8 Å². The highest BCUT2D eigenvalue weighted by molar-refractivity contribution is 7.86. The van der Waals surface area contributed by atoms with Crippen molar-refractivity contribution in [2.75, 3.05) is 11.4 Å². The topological polar surface area (TPSA) is 54.5 Å². The average molecular weight is 291 g/mol. The maximum absolute atomic E-state index is 12.3. The van der Waals surface area contributed by atoms with E-state index in [4.69, 9.17) is 0 Å². The molecular weight excluding hydrogens is 274 g/mol. The largest absolute Gasteiger partial charge is 0.306 e. The summed E-state index contributed by atoms with van der Waals surface area (Å²) in [7, 11) is -1.37. The van der Waals surface area contributed by atoms with Gasteiger partial charge in [0.15, 0.2) is 5.78 Å². The summed E-state index contributed by atoms with van der Waals surface area (Å²) in [6, 6.07) is 5.02. The Kier molecular flexibility index (Phi) is 4.18. The van der Waals surface area contributed by atoms with E-state index in [0.29, 0.717) is 29.1 Å². The lowest BCUT2D eigenvalue weighted by atomic mass is 10.1. The van der Waals surface area contributed by atoms with Crippen LogP contribution in [0.4, 0.5) is 5.69 Å². The summed E-state index contributed by atoms with van der Waals surface area (Å²) in [6.07, 6.45) is 2.02. The number of fused-ring (bicyclic) bond motifs is 1. The predicted octanol–water partition coefficient (Wildman–Crippen LogP) is 2.31. The van der Waals surface area contributed by atoms with Gasteiger partial charge in [-0.05, 0) is 19.1 Å². The number of amides is 1. The first-order chi connectivity index (χ1) is 9.51. The maximum Gasteiger partial charge on any atom is 0.243 e. The van der Waals surface area contributed by atoms with Crippen LogP contribution in [0.3, 0.4) is 0 Å². The molecule has 1 heterocycles. The second-order valence-corrected chi connectivity index (χ2v) is 6.38. The lowest BCUT2D eigenvalue weighted by Crippen LogP contribution is -2.44. The van der Waals surface area contributed by atoms with Crippen LogP contribution in [-0.4, -0.2) is 27.7 Å². The molecule has 1 aliphatic heterocycles. The lowest BCUT2D eigenvalue weighted by molar-refractivity contribution is -0.117. The van der Waals surface area contributed by atoms with Crippen molar-refractivity contribution >= 4 is 28.2 Å². The molecular formula is C15H17NO3S. The van der Waals surface area contributed by atoms with E-state index in [2.05, 4.69) is 6.58 Å². The van der Waals surface area contributed by atoms with Gasteiger partial charge in [0.2, 0.25) is 5.91 Å². The van der Waals surface area contributed by atoms with E-state index in [9.17, 15) is 13.8 Å². The van der Waals surface area contributed by atoms with Gasteiger partial charge in [0, 0.05) is 18.5 Å². The van der Waals surface area contributed by atoms with Gasteiger partial charge >= 0.3 is 0 Å². The minimum atomic E-state index is -1.37. The summed E-state index contributed by atoms with van der Waals surface area (Å²) in [6.45, 7) is 7.43. The summed E-state index contributed by atoms with van der Waals surface area (Å²) >= 11 is 0. The van der Waals surface area contributed by atoms with E-state index in [1.54, 1.807) is 43.0 Å². The summed E-state index contributed by atoms with van der Waals surface area (Å²) in [5.41, 5.74) is 1.10. The first-order valence-corrected chi connectivity index (χ1v) is 7.72. The van der Waals surface area contributed by atoms with Crippen molar-refractivity contribution in [2.45, 2.75) is 30.4 Å². The number of benzene rings is 1. The van der Waals surface area contributed by atoms with Crippen LogP contribution in [0.2, 0.25) is 0 Å². The number of hydrogen-bond donors (Lipinski definition) is 0. The molecule has 1 amide bonds. The van der Waals surface area contributed by atoms with Gasteiger partial charge in [-0.15, -0.1) is 6.58 Å². The number of hydrogen-bond acceptors (Lipinski definition) is 3. The van der Waals surface area contributed by atoms with Gasteiger partial charge in [-0.1, -0.05) is 19.1 Å². The van der Waals surface area contributed by atoms with Gasteiger partial charge in [-0.3, -0.25) is 13.8 Å². The quantitative estimate of drug-likeness (QED) is 0.632. The molecule has 0 aromatic heterocycles. The van der Waals surface area contributed by atoms with Crippen molar-refractivity contribution in [3.63, 3.8) is 0 Å². The molecule has 0 N–H and O–H groups in total. The lowest BCUT2D eigenvalue weighted by Gasteiger charge is -2.31. The Labute approximate surface area is 120 Å². The van der Waals surface area contributed by atoms with Gasteiger partial charge in [0.05, 0.1) is 21.4 Å². The van der Waals surface area contributed by atoms with E-state index < -0.39 is 16.0 Å². The van der Waals surface area contributed by atoms with Crippen molar-refractivity contribution in [1.82, 2.24) is 0 Å². The summed E-state index contributed by atoms with van der Waals surface area (Å²) in [5, 5.41) is -0.574. The van der Waals surface area contributed by atoms with Crippen molar-refractivity contribution in [1.29, 1.82) is 0 Å². The Morgan fingerprint density at radius 1 is 1.50 bits per heavy atom. The van der Waals surface area contributed by atoms with Gasteiger partial charge in [-0.25, -0.2) is 0 Å². The Hall–Kier alpha value is -1.75. The number of carbonyl (C=O) groups excluding carboxylic acids is 2. The molecule has 0 fully saturated rings. The Bertz CT molecular complexity index is 609. The summed E-state index contributed by atoms with van der Waals surface area (Å²) < 4.78 is 12.3. The van der Waals surface area contributed by atoms with Crippen molar-refractivity contribution in [3.8, 4) is 0 Å². The molecule has 1 aliphatic rings. The Balaban J connectivity index is 2.58.